The molecule has 0 fully saturated rings. The van der Waals surface area contributed by atoms with E-state index in [-0.39, 0.29) is 6.61 Å². The highest BCUT2D eigenvalue weighted by atomic mass is 79.9. The summed E-state index contributed by atoms with van der Waals surface area (Å²) in [7, 11) is 0. The topological polar surface area (TPSA) is 69.2 Å². The molecule has 0 radical (unpaired) electrons. The van der Waals surface area contributed by atoms with Crippen LogP contribution < -0.4 is 0 Å². The van der Waals surface area contributed by atoms with Gasteiger partial charge in [0.1, 0.15) is 10.3 Å². The lowest BCUT2D eigenvalue weighted by Crippen LogP contribution is -2.25. The van der Waals surface area contributed by atoms with Gasteiger partial charge in [0.05, 0.1) is 6.61 Å². The Hall–Kier alpha value is -1.54. The Kier molecular flexibility index (Phi) is 12.3. The first kappa shape index (κ1) is 28.5. The average molecular weight is 633 g/mol. The number of aromatic nitrogens is 2. The van der Waals surface area contributed by atoms with Gasteiger partial charge in [0.25, 0.3) is 5.78 Å². The number of alkyl halides is 6. The molecule has 0 amide bonds. The van der Waals surface area contributed by atoms with Crippen LogP contribution in [0, 0.1) is 0 Å². The van der Waals surface area contributed by atoms with E-state index in [9.17, 15) is 35.9 Å². The van der Waals surface area contributed by atoms with Crippen LogP contribution in [0.25, 0.3) is 0 Å². The molecule has 2 aromatic heterocycles. The van der Waals surface area contributed by atoms with Gasteiger partial charge in [-0.15, -0.1) is 0 Å². The van der Waals surface area contributed by atoms with Gasteiger partial charge in [0, 0.05) is 21.3 Å². The first-order chi connectivity index (χ1) is 13.7. The Labute approximate surface area is 191 Å². The summed E-state index contributed by atoms with van der Waals surface area (Å²) in [5, 5.41) is 0. The van der Waals surface area contributed by atoms with Crippen molar-refractivity contribution < 1.29 is 40.7 Å². The lowest BCUT2D eigenvalue weighted by Gasteiger charge is -2.03. The number of carbonyl (C=O) groups excluding carboxylic acids is 2. The number of hydrogen-bond acceptors (Lipinski definition) is 5. The van der Waals surface area contributed by atoms with Crippen molar-refractivity contribution in [1.29, 1.82) is 0 Å². The summed E-state index contributed by atoms with van der Waals surface area (Å²) in [5.41, 5.74) is -0.601. The Bertz CT molecular complexity index is 792. The predicted octanol–water partition coefficient (Wildman–Crippen LogP) is 6.31. The lowest BCUT2D eigenvalue weighted by molar-refractivity contribution is -0.199. The molecule has 0 aliphatic rings. The van der Waals surface area contributed by atoms with Crippen molar-refractivity contribution >= 4 is 59.5 Å². The van der Waals surface area contributed by atoms with E-state index >= 15 is 0 Å². The molecule has 14 heteroatoms. The number of nitrogens with zero attached hydrogens (tertiary/aromatic N) is 2. The van der Waals surface area contributed by atoms with Crippen LogP contribution >= 0.6 is 47.8 Å². The minimum Gasteiger partial charge on any atom is -0.459 e. The number of hydrogen-bond donors (Lipinski definition) is 0. The highest BCUT2D eigenvalue weighted by Crippen LogP contribution is 2.21. The molecule has 5 nitrogen and oxygen atoms in total. The normalized spacial score (nSPS) is 10.7. The second-order valence-electron chi connectivity index (χ2n) is 4.71. The Morgan fingerprint density at radius 2 is 1.37 bits per heavy atom. The molecule has 0 saturated carbocycles. The molecule has 30 heavy (non-hydrogen) atoms. The van der Waals surface area contributed by atoms with Gasteiger partial charge in [-0.3, -0.25) is 9.78 Å². The molecule has 0 atom stereocenters. The maximum absolute atomic E-state index is 11.8. The Balaban J connectivity index is 0.000000438. The molecule has 0 unspecified atom stereocenters. The van der Waals surface area contributed by atoms with Crippen molar-refractivity contribution in [1.82, 2.24) is 9.97 Å². The number of esters is 1. The fourth-order valence-corrected chi connectivity index (χ4v) is 1.93. The van der Waals surface area contributed by atoms with Crippen LogP contribution in [0.2, 0.25) is 0 Å². The summed E-state index contributed by atoms with van der Waals surface area (Å²) < 4.78 is 75.0. The quantitative estimate of drug-likeness (QED) is 0.168. The SMILES string of the molecule is Brc1ccc(Br)nc1.CCOC(=O)C(F)(F)F.O=C(c1ccc(Br)cn1)C(F)(F)F. The van der Waals surface area contributed by atoms with E-state index in [1.54, 1.807) is 6.20 Å². The predicted molar refractivity (Wildman–Crippen MR) is 105 cm³/mol. The first-order valence-corrected chi connectivity index (χ1v) is 9.80. The van der Waals surface area contributed by atoms with Crippen LogP contribution in [0.15, 0.2) is 50.2 Å². The summed E-state index contributed by atoms with van der Waals surface area (Å²) >= 11 is 9.47. The molecule has 2 heterocycles. The van der Waals surface area contributed by atoms with Gasteiger partial charge in [-0.25, -0.2) is 9.78 Å². The summed E-state index contributed by atoms with van der Waals surface area (Å²) in [6.45, 7) is 1.06. The molecule has 0 N–H and O–H groups in total. The third-order valence-electron chi connectivity index (χ3n) is 2.42. The van der Waals surface area contributed by atoms with Crippen molar-refractivity contribution in [3.05, 3.63) is 55.9 Å². The summed E-state index contributed by atoms with van der Waals surface area (Å²) in [6, 6.07) is 6.15. The average Bonchev–Trinajstić information content (AvgIpc) is 2.64. The third kappa shape index (κ3) is 12.2. The van der Waals surface area contributed by atoms with Gasteiger partial charge < -0.3 is 4.74 Å². The third-order valence-corrected chi connectivity index (χ3v) is 3.82. The molecular formula is C16H11Br3F6N2O3. The largest absolute Gasteiger partial charge is 0.490 e. The van der Waals surface area contributed by atoms with Crippen molar-refractivity contribution in [2.24, 2.45) is 0 Å². The number of ether oxygens (including phenoxy) is 1. The molecule has 0 aliphatic heterocycles. The van der Waals surface area contributed by atoms with Crippen LogP contribution in [0.3, 0.4) is 0 Å². The zero-order valence-electron chi connectivity index (χ0n) is 14.7. The molecule has 0 bridgehead atoms. The number of halogens is 9. The highest BCUT2D eigenvalue weighted by Gasteiger charge is 2.40. The van der Waals surface area contributed by atoms with Crippen molar-refractivity contribution in [2.75, 3.05) is 6.61 Å². The smallest absolute Gasteiger partial charge is 0.459 e. The second-order valence-corrected chi connectivity index (χ2v) is 7.35. The van der Waals surface area contributed by atoms with Crippen molar-refractivity contribution in [2.45, 2.75) is 19.3 Å². The summed E-state index contributed by atoms with van der Waals surface area (Å²) in [6.07, 6.45) is -6.83. The van der Waals surface area contributed by atoms with E-state index in [1.807, 2.05) is 12.1 Å². The fraction of sp³-hybridized carbons (Fsp3) is 0.250. The van der Waals surface area contributed by atoms with E-state index in [4.69, 9.17) is 0 Å². The number of rotatable bonds is 2. The van der Waals surface area contributed by atoms with Gasteiger partial charge >= 0.3 is 18.3 Å². The number of Topliss-reactive ketones (excluding diaryl/α,β-unsaturated/α-hetero) is 1. The molecule has 166 valence electrons. The minimum atomic E-state index is -4.86. The number of ketones is 1. The van der Waals surface area contributed by atoms with E-state index in [0.717, 1.165) is 21.3 Å². The van der Waals surface area contributed by atoms with Gasteiger partial charge in [-0.1, -0.05) is 0 Å². The maximum Gasteiger partial charge on any atom is 0.490 e. The van der Waals surface area contributed by atoms with E-state index in [0.29, 0.717) is 4.47 Å². The van der Waals surface area contributed by atoms with Crippen molar-refractivity contribution in [3.63, 3.8) is 0 Å². The van der Waals surface area contributed by atoms with Crippen LogP contribution in [0.1, 0.15) is 17.4 Å². The fourth-order valence-electron chi connectivity index (χ4n) is 1.23. The molecule has 0 aliphatic carbocycles. The van der Waals surface area contributed by atoms with E-state index in [2.05, 4.69) is 62.5 Å². The van der Waals surface area contributed by atoms with Crippen LogP contribution in [0.5, 0.6) is 0 Å². The van der Waals surface area contributed by atoms with Gasteiger partial charge in [0.2, 0.25) is 0 Å². The van der Waals surface area contributed by atoms with E-state index < -0.39 is 29.8 Å². The van der Waals surface area contributed by atoms with Gasteiger partial charge in [0.15, 0.2) is 0 Å². The zero-order chi connectivity index (χ0) is 23.5. The maximum atomic E-state index is 11.8. The monoisotopic (exact) mass is 630 g/mol. The lowest BCUT2D eigenvalue weighted by atomic mass is 10.2. The molecule has 2 rings (SSSR count). The van der Waals surface area contributed by atoms with E-state index in [1.165, 1.54) is 13.0 Å². The van der Waals surface area contributed by atoms with Crippen LogP contribution in [-0.4, -0.2) is 40.7 Å². The molecule has 0 spiro atoms. The van der Waals surface area contributed by atoms with Crippen LogP contribution in [-0.2, 0) is 9.53 Å². The Morgan fingerprint density at radius 3 is 1.63 bits per heavy atom. The first-order valence-electron chi connectivity index (χ1n) is 7.42. The summed E-state index contributed by atoms with van der Waals surface area (Å²) in [4.78, 5) is 27.6. The minimum absolute atomic E-state index is 0.252. The van der Waals surface area contributed by atoms with Gasteiger partial charge in [-0.05, 0) is 79.0 Å². The van der Waals surface area contributed by atoms with Crippen molar-refractivity contribution in [3.8, 4) is 0 Å². The summed E-state index contributed by atoms with van der Waals surface area (Å²) in [5.74, 6) is -4.06. The number of pyridine rings is 2. The molecule has 0 aromatic carbocycles. The Morgan fingerprint density at radius 1 is 0.867 bits per heavy atom. The molecular weight excluding hydrogens is 622 g/mol. The second kappa shape index (κ2) is 13.0. The molecule has 2 aromatic rings. The number of carbonyl (C=O) groups is 2. The van der Waals surface area contributed by atoms with Crippen LogP contribution in [0.4, 0.5) is 26.3 Å². The highest BCUT2D eigenvalue weighted by molar-refractivity contribution is 9.11. The standard InChI is InChI=1S/C7H3BrF3NO.C5H3Br2N.C4H5F3O2/c8-4-1-2-5(12-3-4)6(13)7(9,10)11;6-4-1-2-5(7)8-3-4;1-2-9-3(8)4(5,6)7/h1-3H;1-3H;2H2,1H3. The van der Waals surface area contributed by atoms with Gasteiger partial charge in [-0.2, -0.15) is 26.3 Å². The zero-order valence-corrected chi connectivity index (χ0v) is 19.5. The molecule has 0 saturated heterocycles.